The standard InChI is InChI=1S/C28H47NO3/c1-4-6-7-8-9-11-14-17-24(5-2)18-15-12-10-13-16-19-28(31)29-23-25-20-21-26(30)27(22-25)32-3/h17,20-22,30H,4-16,18-19,23H2,1-3H3,(H,29,31). The number of carbonyl (C=O) groups excluding carboxylic acids is 1. The number of phenolic OH excluding ortho intramolecular Hbond substituents is 1. The largest absolute Gasteiger partial charge is 0.504 e. The Hall–Kier alpha value is -1.97. The maximum absolute atomic E-state index is 12.1. The first-order valence-corrected chi connectivity index (χ1v) is 12.9. The number of ether oxygens (including phenoxy) is 1. The zero-order valence-corrected chi connectivity index (χ0v) is 20.9. The van der Waals surface area contributed by atoms with Crippen LogP contribution in [0.5, 0.6) is 11.5 Å². The van der Waals surface area contributed by atoms with Crippen LogP contribution in [0, 0.1) is 0 Å². The Morgan fingerprint density at radius 1 is 0.938 bits per heavy atom. The van der Waals surface area contributed by atoms with E-state index in [-0.39, 0.29) is 11.7 Å². The van der Waals surface area contributed by atoms with Crippen LogP contribution in [0.1, 0.15) is 116 Å². The summed E-state index contributed by atoms with van der Waals surface area (Å²) in [7, 11) is 1.52. The monoisotopic (exact) mass is 445 g/mol. The molecule has 0 radical (unpaired) electrons. The molecule has 0 aliphatic carbocycles. The molecule has 0 aromatic heterocycles. The highest BCUT2D eigenvalue weighted by molar-refractivity contribution is 5.75. The number of phenols is 1. The van der Waals surface area contributed by atoms with E-state index in [9.17, 15) is 9.90 Å². The summed E-state index contributed by atoms with van der Waals surface area (Å²) in [5, 5.41) is 12.6. The first-order chi connectivity index (χ1) is 15.6. The van der Waals surface area contributed by atoms with E-state index in [0.29, 0.717) is 18.7 Å². The number of aromatic hydroxyl groups is 1. The molecule has 0 fully saturated rings. The normalized spacial score (nSPS) is 11.5. The molecule has 1 rings (SSSR count). The molecule has 0 saturated heterocycles. The highest BCUT2D eigenvalue weighted by Crippen LogP contribution is 2.26. The quantitative estimate of drug-likeness (QED) is 0.168. The van der Waals surface area contributed by atoms with E-state index in [1.54, 1.807) is 23.8 Å². The van der Waals surface area contributed by atoms with Crippen molar-refractivity contribution in [1.29, 1.82) is 0 Å². The van der Waals surface area contributed by atoms with Crippen LogP contribution < -0.4 is 10.1 Å². The molecule has 0 atom stereocenters. The van der Waals surface area contributed by atoms with Gasteiger partial charge in [0.2, 0.25) is 5.91 Å². The molecule has 32 heavy (non-hydrogen) atoms. The van der Waals surface area contributed by atoms with Gasteiger partial charge in [0, 0.05) is 13.0 Å². The summed E-state index contributed by atoms with van der Waals surface area (Å²) in [6, 6.07) is 5.14. The van der Waals surface area contributed by atoms with Gasteiger partial charge < -0.3 is 15.2 Å². The van der Waals surface area contributed by atoms with Gasteiger partial charge in [0.25, 0.3) is 0 Å². The number of hydrogen-bond donors (Lipinski definition) is 2. The van der Waals surface area contributed by atoms with Crippen molar-refractivity contribution in [3.8, 4) is 11.5 Å². The fraction of sp³-hybridized carbons (Fsp3) is 0.679. The van der Waals surface area contributed by atoms with Gasteiger partial charge in [0.1, 0.15) is 0 Å². The number of carbonyl (C=O) groups is 1. The molecule has 0 aliphatic rings. The van der Waals surface area contributed by atoms with Crippen molar-refractivity contribution in [2.45, 2.75) is 117 Å². The molecule has 2 N–H and O–H groups in total. The van der Waals surface area contributed by atoms with E-state index in [1.165, 1.54) is 84.2 Å². The van der Waals surface area contributed by atoms with E-state index in [4.69, 9.17) is 4.74 Å². The van der Waals surface area contributed by atoms with Crippen molar-refractivity contribution in [1.82, 2.24) is 5.32 Å². The molecule has 4 nitrogen and oxygen atoms in total. The maximum atomic E-state index is 12.1. The van der Waals surface area contributed by atoms with Crippen LogP contribution in [0.4, 0.5) is 0 Å². The second kappa shape index (κ2) is 18.6. The maximum Gasteiger partial charge on any atom is 0.220 e. The predicted molar refractivity (Wildman–Crippen MR) is 135 cm³/mol. The lowest BCUT2D eigenvalue weighted by molar-refractivity contribution is -0.121. The molecule has 0 unspecified atom stereocenters. The third-order valence-corrected chi connectivity index (χ3v) is 6.08. The molecule has 0 aliphatic heterocycles. The molecule has 1 aromatic carbocycles. The highest BCUT2D eigenvalue weighted by atomic mass is 16.5. The average Bonchev–Trinajstić information content (AvgIpc) is 2.80. The lowest BCUT2D eigenvalue weighted by atomic mass is 10.0. The van der Waals surface area contributed by atoms with Gasteiger partial charge >= 0.3 is 0 Å². The topological polar surface area (TPSA) is 58.6 Å². The summed E-state index contributed by atoms with van der Waals surface area (Å²) in [4.78, 5) is 12.1. The van der Waals surface area contributed by atoms with E-state index in [0.717, 1.165) is 18.4 Å². The number of amides is 1. The Kier molecular flexibility index (Phi) is 16.3. The van der Waals surface area contributed by atoms with Gasteiger partial charge in [0.05, 0.1) is 7.11 Å². The molecule has 1 amide bonds. The van der Waals surface area contributed by atoms with Crippen LogP contribution >= 0.6 is 0 Å². The van der Waals surface area contributed by atoms with Crippen LogP contribution in [0.3, 0.4) is 0 Å². The van der Waals surface area contributed by atoms with Crippen molar-refractivity contribution in [2.75, 3.05) is 7.11 Å². The van der Waals surface area contributed by atoms with Crippen molar-refractivity contribution >= 4 is 5.91 Å². The number of methoxy groups -OCH3 is 1. The van der Waals surface area contributed by atoms with Gasteiger partial charge in [-0.2, -0.15) is 0 Å². The van der Waals surface area contributed by atoms with Crippen LogP contribution in [0.15, 0.2) is 29.8 Å². The Morgan fingerprint density at radius 2 is 1.59 bits per heavy atom. The second-order valence-corrected chi connectivity index (χ2v) is 8.82. The minimum atomic E-state index is 0.0861. The summed E-state index contributed by atoms with van der Waals surface area (Å²) in [5.41, 5.74) is 2.55. The molecule has 182 valence electrons. The Labute approximate surface area is 196 Å². The Balaban J connectivity index is 2.05. The van der Waals surface area contributed by atoms with Gasteiger partial charge in [-0.15, -0.1) is 0 Å². The van der Waals surface area contributed by atoms with Crippen molar-refractivity contribution in [2.24, 2.45) is 0 Å². The molecule has 0 spiro atoms. The van der Waals surface area contributed by atoms with Crippen LogP contribution in [-0.4, -0.2) is 18.1 Å². The van der Waals surface area contributed by atoms with E-state index in [1.807, 2.05) is 0 Å². The van der Waals surface area contributed by atoms with Gasteiger partial charge in [-0.25, -0.2) is 0 Å². The lowest BCUT2D eigenvalue weighted by Gasteiger charge is -2.08. The first kappa shape index (κ1) is 28.1. The van der Waals surface area contributed by atoms with Gasteiger partial charge in [-0.3, -0.25) is 4.79 Å². The number of allylic oxidation sites excluding steroid dienone is 2. The molecular formula is C28H47NO3. The van der Waals surface area contributed by atoms with Crippen LogP contribution in [-0.2, 0) is 11.3 Å². The van der Waals surface area contributed by atoms with Crippen molar-refractivity contribution in [3.05, 3.63) is 35.4 Å². The fourth-order valence-corrected chi connectivity index (χ4v) is 3.94. The third-order valence-electron chi connectivity index (χ3n) is 6.08. The molecule has 4 heteroatoms. The predicted octanol–water partition coefficient (Wildman–Crippen LogP) is 7.83. The zero-order valence-electron chi connectivity index (χ0n) is 20.9. The lowest BCUT2D eigenvalue weighted by Crippen LogP contribution is -2.22. The second-order valence-electron chi connectivity index (χ2n) is 8.82. The van der Waals surface area contributed by atoms with Crippen molar-refractivity contribution < 1.29 is 14.6 Å². The minimum Gasteiger partial charge on any atom is -0.504 e. The van der Waals surface area contributed by atoms with Crippen LogP contribution in [0.2, 0.25) is 0 Å². The van der Waals surface area contributed by atoms with Gasteiger partial charge in [0.15, 0.2) is 11.5 Å². The molecule has 0 heterocycles. The highest BCUT2D eigenvalue weighted by Gasteiger charge is 2.05. The zero-order chi connectivity index (χ0) is 23.4. The van der Waals surface area contributed by atoms with E-state index in [2.05, 4.69) is 25.2 Å². The Morgan fingerprint density at radius 3 is 2.28 bits per heavy atom. The number of unbranched alkanes of at least 4 members (excludes halogenated alkanes) is 10. The van der Waals surface area contributed by atoms with Gasteiger partial charge in [-0.1, -0.05) is 82.9 Å². The number of rotatable bonds is 19. The molecule has 0 bridgehead atoms. The summed E-state index contributed by atoms with van der Waals surface area (Å²) >= 11 is 0. The molecular weight excluding hydrogens is 398 g/mol. The SMILES string of the molecule is CCCCCCCCC=C(CC)CCCCCCCC(=O)NCc1ccc(O)c(OC)c1. The summed E-state index contributed by atoms with van der Waals surface area (Å²) in [5.74, 6) is 0.630. The average molecular weight is 446 g/mol. The number of hydrogen-bond acceptors (Lipinski definition) is 3. The summed E-state index contributed by atoms with van der Waals surface area (Å²) in [6.07, 6.45) is 20.8. The van der Waals surface area contributed by atoms with E-state index < -0.39 is 0 Å². The summed E-state index contributed by atoms with van der Waals surface area (Å²) < 4.78 is 5.10. The van der Waals surface area contributed by atoms with Gasteiger partial charge in [-0.05, 0) is 56.2 Å². The van der Waals surface area contributed by atoms with Crippen molar-refractivity contribution in [3.63, 3.8) is 0 Å². The smallest absolute Gasteiger partial charge is 0.220 e. The van der Waals surface area contributed by atoms with Crippen LogP contribution in [0.25, 0.3) is 0 Å². The third kappa shape index (κ3) is 13.4. The fourth-order valence-electron chi connectivity index (χ4n) is 3.94. The molecule has 0 saturated carbocycles. The number of benzene rings is 1. The number of nitrogens with one attached hydrogen (secondary N) is 1. The molecule has 1 aromatic rings. The first-order valence-electron chi connectivity index (χ1n) is 12.9. The minimum absolute atomic E-state index is 0.0861. The Bertz CT molecular complexity index is 654. The summed E-state index contributed by atoms with van der Waals surface area (Å²) in [6.45, 7) is 5.01. The van der Waals surface area contributed by atoms with E-state index >= 15 is 0 Å².